The van der Waals surface area contributed by atoms with E-state index in [0.29, 0.717) is 0 Å². The lowest BCUT2D eigenvalue weighted by Gasteiger charge is -2.19. The van der Waals surface area contributed by atoms with Gasteiger partial charge in [0.05, 0.1) is 0 Å². The molecule has 0 spiro atoms. The van der Waals surface area contributed by atoms with Crippen molar-refractivity contribution in [1.29, 1.82) is 0 Å². The van der Waals surface area contributed by atoms with Gasteiger partial charge in [-0.3, -0.25) is 4.79 Å². The third-order valence-electron chi connectivity index (χ3n) is 3.85. The first-order valence-corrected chi connectivity index (χ1v) is 9.79. The van der Waals surface area contributed by atoms with Crippen molar-refractivity contribution in [2.24, 2.45) is 0 Å². The number of nitrogens with one attached hydrogen (secondary N) is 1. The van der Waals surface area contributed by atoms with Crippen LogP contribution in [0, 0.1) is 5.82 Å². The van der Waals surface area contributed by atoms with Crippen molar-refractivity contribution in [3.8, 4) is 5.75 Å². The third kappa shape index (κ3) is 5.02. The number of sulfonamides is 1. The number of hydrogen-bond donors (Lipinski definition) is 1. The first-order chi connectivity index (χ1) is 13.2. The summed E-state index contributed by atoms with van der Waals surface area (Å²) in [6.45, 7) is 0.586. The molecule has 2 rings (SSSR count). The molecule has 0 radical (unpaired) electrons. The summed E-state index contributed by atoms with van der Waals surface area (Å²) in [4.78, 5) is 11.8. The first-order valence-electron chi connectivity index (χ1n) is 8.35. The fourth-order valence-corrected chi connectivity index (χ4v) is 4.02. The van der Waals surface area contributed by atoms with Crippen LogP contribution >= 0.6 is 0 Å². The van der Waals surface area contributed by atoms with E-state index in [9.17, 15) is 26.4 Å². The standard InChI is InChI=1S/C18H19F3N2O4S/c1-3-23(4-2)28(25,26)16-11-12(5-10-15(16)19)17(24)22-13-6-8-14(9-7-13)27-18(20)21/h5-11,18H,3-4H2,1-2H3,(H,22,24). The molecule has 0 saturated heterocycles. The molecule has 0 bridgehead atoms. The monoisotopic (exact) mass is 416 g/mol. The van der Waals surface area contributed by atoms with Crippen LogP contribution in [0.2, 0.25) is 0 Å². The quantitative estimate of drug-likeness (QED) is 0.712. The number of ether oxygens (including phenoxy) is 1. The molecular weight excluding hydrogens is 397 g/mol. The molecule has 0 heterocycles. The van der Waals surface area contributed by atoms with Gasteiger partial charge >= 0.3 is 6.61 Å². The van der Waals surface area contributed by atoms with Crippen LogP contribution in [0.5, 0.6) is 5.75 Å². The Morgan fingerprint density at radius 2 is 1.71 bits per heavy atom. The van der Waals surface area contributed by atoms with E-state index in [-0.39, 0.29) is 30.1 Å². The molecule has 1 N–H and O–H groups in total. The number of nitrogens with zero attached hydrogens (tertiary/aromatic N) is 1. The molecule has 0 aliphatic rings. The van der Waals surface area contributed by atoms with Crippen LogP contribution in [0.25, 0.3) is 0 Å². The zero-order valence-electron chi connectivity index (χ0n) is 15.2. The second-order valence-corrected chi connectivity index (χ2v) is 7.50. The summed E-state index contributed by atoms with van der Waals surface area (Å²) < 4.78 is 68.8. The Kier molecular flexibility index (Phi) is 7.03. The second kappa shape index (κ2) is 9.07. The predicted molar refractivity (Wildman–Crippen MR) is 97.5 cm³/mol. The number of halogens is 3. The molecule has 2 aromatic rings. The summed E-state index contributed by atoms with van der Waals surface area (Å²) in [5.74, 6) is -1.72. The number of hydrogen-bond acceptors (Lipinski definition) is 4. The third-order valence-corrected chi connectivity index (χ3v) is 5.92. The van der Waals surface area contributed by atoms with Crippen LogP contribution in [-0.2, 0) is 10.0 Å². The van der Waals surface area contributed by atoms with Crippen LogP contribution in [0.4, 0.5) is 18.9 Å². The molecule has 1 amide bonds. The average Bonchev–Trinajstić information content (AvgIpc) is 2.63. The molecule has 0 aliphatic carbocycles. The normalized spacial score (nSPS) is 11.7. The highest BCUT2D eigenvalue weighted by Gasteiger charge is 2.26. The van der Waals surface area contributed by atoms with E-state index in [1.165, 1.54) is 24.3 Å². The molecule has 2 aromatic carbocycles. The number of benzene rings is 2. The first kappa shape index (κ1) is 21.7. The Morgan fingerprint density at radius 3 is 2.25 bits per heavy atom. The zero-order chi connectivity index (χ0) is 20.9. The van der Waals surface area contributed by atoms with Gasteiger partial charge in [0, 0.05) is 24.3 Å². The van der Waals surface area contributed by atoms with E-state index < -0.39 is 33.3 Å². The van der Waals surface area contributed by atoms with Crippen LogP contribution in [0.15, 0.2) is 47.4 Å². The van der Waals surface area contributed by atoms with Crippen molar-refractivity contribution in [2.45, 2.75) is 25.4 Å². The van der Waals surface area contributed by atoms with Gasteiger partial charge in [0.15, 0.2) is 0 Å². The summed E-state index contributed by atoms with van der Waals surface area (Å²) in [7, 11) is -4.09. The minimum Gasteiger partial charge on any atom is -0.435 e. The summed E-state index contributed by atoms with van der Waals surface area (Å²) in [5, 5.41) is 2.48. The fourth-order valence-electron chi connectivity index (χ4n) is 2.47. The minimum atomic E-state index is -4.09. The lowest BCUT2D eigenvalue weighted by Crippen LogP contribution is -2.31. The molecule has 0 fully saturated rings. The van der Waals surface area contributed by atoms with Crippen LogP contribution < -0.4 is 10.1 Å². The van der Waals surface area contributed by atoms with Gasteiger partial charge in [0.25, 0.3) is 5.91 Å². The largest absolute Gasteiger partial charge is 0.435 e. The summed E-state index contributed by atoms with van der Waals surface area (Å²) >= 11 is 0. The highest BCUT2D eigenvalue weighted by Crippen LogP contribution is 2.22. The Morgan fingerprint density at radius 1 is 1.11 bits per heavy atom. The number of alkyl halides is 2. The highest BCUT2D eigenvalue weighted by molar-refractivity contribution is 7.89. The number of anilines is 1. The van der Waals surface area contributed by atoms with E-state index in [4.69, 9.17) is 0 Å². The molecule has 0 atom stereocenters. The molecule has 0 saturated carbocycles. The summed E-state index contributed by atoms with van der Waals surface area (Å²) in [6, 6.07) is 8.18. The molecule has 28 heavy (non-hydrogen) atoms. The highest BCUT2D eigenvalue weighted by atomic mass is 32.2. The average molecular weight is 416 g/mol. The van der Waals surface area contributed by atoms with E-state index in [0.717, 1.165) is 22.5 Å². The Hall–Kier alpha value is -2.59. The van der Waals surface area contributed by atoms with E-state index in [1.807, 2.05) is 0 Å². The maximum atomic E-state index is 14.1. The van der Waals surface area contributed by atoms with Crippen molar-refractivity contribution < 1.29 is 31.1 Å². The van der Waals surface area contributed by atoms with Crippen molar-refractivity contribution in [1.82, 2.24) is 4.31 Å². The van der Waals surface area contributed by atoms with Crippen LogP contribution in [-0.4, -0.2) is 38.3 Å². The van der Waals surface area contributed by atoms with Crippen molar-refractivity contribution in [3.05, 3.63) is 53.8 Å². The van der Waals surface area contributed by atoms with Crippen molar-refractivity contribution in [3.63, 3.8) is 0 Å². The molecule has 0 aromatic heterocycles. The lowest BCUT2D eigenvalue weighted by atomic mass is 10.2. The molecule has 152 valence electrons. The maximum absolute atomic E-state index is 14.1. The Bertz CT molecular complexity index is 930. The summed E-state index contributed by atoms with van der Waals surface area (Å²) in [5.41, 5.74) is 0.198. The Labute approximate surface area is 161 Å². The maximum Gasteiger partial charge on any atom is 0.387 e. The van der Waals surface area contributed by atoms with Gasteiger partial charge in [0.2, 0.25) is 10.0 Å². The number of carbonyl (C=O) groups excluding carboxylic acids is 1. The van der Waals surface area contributed by atoms with E-state index in [1.54, 1.807) is 13.8 Å². The van der Waals surface area contributed by atoms with Crippen LogP contribution in [0.1, 0.15) is 24.2 Å². The van der Waals surface area contributed by atoms with Crippen LogP contribution in [0.3, 0.4) is 0 Å². The minimum absolute atomic E-state index is 0.0694. The van der Waals surface area contributed by atoms with Crippen molar-refractivity contribution >= 4 is 21.6 Å². The van der Waals surface area contributed by atoms with Gasteiger partial charge in [-0.25, -0.2) is 12.8 Å². The molecule has 10 heteroatoms. The lowest BCUT2D eigenvalue weighted by molar-refractivity contribution is -0.0498. The molecule has 6 nitrogen and oxygen atoms in total. The topological polar surface area (TPSA) is 75.7 Å². The number of rotatable bonds is 8. The van der Waals surface area contributed by atoms with Gasteiger partial charge in [-0.1, -0.05) is 13.8 Å². The molecule has 0 aliphatic heterocycles. The van der Waals surface area contributed by atoms with Gasteiger partial charge < -0.3 is 10.1 Å². The smallest absolute Gasteiger partial charge is 0.387 e. The predicted octanol–water partition coefficient (Wildman–Crippen LogP) is 3.71. The van der Waals surface area contributed by atoms with Crippen molar-refractivity contribution in [2.75, 3.05) is 18.4 Å². The summed E-state index contributed by atoms with van der Waals surface area (Å²) in [6.07, 6.45) is 0. The molecular formula is C18H19F3N2O4S. The number of amides is 1. The molecule has 0 unspecified atom stereocenters. The van der Waals surface area contributed by atoms with E-state index >= 15 is 0 Å². The second-order valence-electron chi connectivity index (χ2n) is 5.59. The SMILES string of the molecule is CCN(CC)S(=O)(=O)c1cc(C(=O)Nc2ccc(OC(F)F)cc2)ccc1F. The van der Waals surface area contributed by atoms with Gasteiger partial charge in [-0.2, -0.15) is 13.1 Å². The van der Waals surface area contributed by atoms with Gasteiger partial charge in [-0.05, 0) is 42.5 Å². The van der Waals surface area contributed by atoms with E-state index in [2.05, 4.69) is 10.1 Å². The fraction of sp³-hybridized carbons (Fsp3) is 0.278. The Balaban J connectivity index is 2.25. The van der Waals surface area contributed by atoms with Gasteiger partial charge in [-0.15, -0.1) is 0 Å². The van der Waals surface area contributed by atoms with Gasteiger partial charge in [0.1, 0.15) is 16.5 Å². The zero-order valence-corrected chi connectivity index (χ0v) is 16.0. The number of carbonyl (C=O) groups is 1.